The molecule has 0 N–H and O–H groups in total. The van der Waals surface area contributed by atoms with E-state index in [4.69, 9.17) is 4.74 Å². The van der Waals surface area contributed by atoms with Crippen LogP contribution >= 0.6 is 0 Å². The van der Waals surface area contributed by atoms with Crippen molar-refractivity contribution in [3.63, 3.8) is 0 Å². The standard InChI is InChI=1S/C26H52O2/c1-5-6-7-8-9-10-11-12-13-14-15-16-17-18-19-20-21-25(4)22-23-26(27)28-24(2)3/h24-25H,5-23H2,1-4H3/t25-/m0/s1. The lowest BCUT2D eigenvalue weighted by atomic mass is 9.97. The van der Waals surface area contributed by atoms with Crippen LogP contribution in [-0.2, 0) is 9.53 Å². The number of esters is 1. The van der Waals surface area contributed by atoms with E-state index >= 15 is 0 Å². The van der Waals surface area contributed by atoms with E-state index in [0.717, 1.165) is 6.42 Å². The summed E-state index contributed by atoms with van der Waals surface area (Å²) in [5.41, 5.74) is 0. The summed E-state index contributed by atoms with van der Waals surface area (Å²) < 4.78 is 5.20. The van der Waals surface area contributed by atoms with E-state index in [-0.39, 0.29) is 12.1 Å². The van der Waals surface area contributed by atoms with Gasteiger partial charge in [-0.1, -0.05) is 123 Å². The van der Waals surface area contributed by atoms with Gasteiger partial charge in [-0.05, 0) is 26.2 Å². The molecule has 0 aromatic heterocycles. The van der Waals surface area contributed by atoms with Gasteiger partial charge < -0.3 is 4.74 Å². The molecule has 0 heterocycles. The van der Waals surface area contributed by atoms with Gasteiger partial charge in [0.1, 0.15) is 0 Å². The predicted octanol–water partition coefficient (Wildman–Crippen LogP) is 9.01. The Hall–Kier alpha value is -0.530. The predicted molar refractivity (Wildman–Crippen MR) is 124 cm³/mol. The first kappa shape index (κ1) is 27.5. The fraction of sp³-hybridized carbons (Fsp3) is 0.962. The summed E-state index contributed by atoms with van der Waals surface area (Å²) in [5.74, 6) is 0.611. The molecule has 1 atom stereocenters. The van der Waals surface area contributed by atoms with Crippen LogP contribution in [-0.4, -0.2) is 12.1 Å². The summed E-state index contributed by atoms with van der Waals surface area (Å²) in [6.45, 7) is 8.39. The van der Waals surface area contributed by atoms with Crippen molar-refractivity contribution in [2.45, 2.75) is 156 Å². The van der Waals surface area contributed by atoms with Gasteiger partial charge in [-0.15, -0.1) is 0 Å². The zero-order valence-electron chi connectivity index (χ0n) is 19.9. The lowest BCUT2D eigenvalue weighted by Gasteiger charge is -2.12. The Labute approximate surface area is 177 Å². The Bertz CT molecular complexity index is 324. The molecule has 0 rings (SSSR count). The average molecular weight is 397 g/mol. The summed E-state index contributed by atoms with van der Waals surface area (Å²) in [4.78, 5) is 11.6. The number of carbonyl (C=O) groups is 1. The van der Waals surface area contributed by atoms with Gasteiger partial charge in [-0.2, -0.15) is 0 Å². The number of hydrogen-bond donors (Lipinski definition) is 0. The maximum atomic E-state index is 11.6. The molecule has 0 aromatic carbocycles. The van der Waals surface area contributed by atoms with E-state index in [1.165, 1.54) is 109 Å². The van der Waals surface area contributed by atoms with Crippen molar-refractivity contribution >= 4 is 5.97 Å². The Morgan fingerprint density at radius 2 is 1.00 bits per heavy atom. The number of rotatable bonds is 21. The van der Waals surface area contributed by atoms with Crippen LogP contribution < -0.4 is 0 Å². The van der Waals surface area contributed by atoms with Gasteiger partial charge in [-0.25, -0.2) is 0 Å². The SMILES string of the molecule is CCCCCCCCCCCCCCCCCC[C@H](C)CCC(=O)OC(C)C. The van der Waals surface area contributed by atoms with Crippen molar-refractivity contribution in [2.24, 2.45) is 5.92 Å². The molecule has 28 heavy (non-hydrogen) atoms. The minimum absolute atomic E-state index is 0.0168. The van der Waals surface area contributed by atoms with Crippen molar-refractivity contribution in [1.82, 2.24) is 0 Å². The summed E-state index contributed by atoms with van der Waals surface area (Å²) in [5, 5.41) is 0. The van der Waals surface area contributed by atoms with Crippen molar-refractivity contribution < 1.29 is 9.53 Å². The van der Waals surface area contributed by atoms with Gasteiger partial charge >= 0.3 is 5.97 Å². The van der Waals surface area contributed by atoms with Gasteiger partial charge in [0.25, 0.3) is 0 Å². The summed E-state index contributed by atoms with van der Waals surface area (Å²) in [6, 6.07) is 0. The third kappa shape index (κ3) is 21.8. The summed E-state index contributed by atoms with van der Waals surface area (Å²) in [7, 11) is 0. The molecular formula is C26H52O2. The zero-order chi connectivity index (χ0) is 20.9. The van der Waals surface area contributed by atoms with E-state index < -0.39 is 0 Å². The van der Waals surface area contributed by atoms with E-state index in [1.807, 2.05) is 13.8 Å². The smallest absolute Gasteiger partial charge is 0.306 e. The van der Waals surface area contributed by atoms with E-state index in [9.17, 15) is 4.79 Å². The second-order valence-corrected chi connectivity index (χ2v) is 9.27. The first-order chi connectivity index (χ1) is 13.6. The van der Waals surface area contributed by atoms with Gasteiger partial charge in [0, 0.05) is 6.42 Å². The molecule has 0 bridgehead atoms. The number of unbranched alkanes of at least 4 members (excludes halogenated alkanes) is 15. The molecule has 0 fully saturated rings. The molecule has 0 unspecified atom stereocenters. The number of ether oxygens (including phenoxy) is 1. The highest BCUT2D eigenvalue weighted by Gasteiger charge is 2.09. The van der Waals surface area contributed by atoms with Crippen molar-refractivity contribution in [3.05, 3.63) is 0 Å². The molecule has 0 spiro atoms. The second-order valence-electron chi connectivity index (χ2n) is 9.27. The van der Waals surface area contributed by atoms with Crippen molar-refractivity contribution in [1.29, 1.82) is 0 Å². The normalized spacial score (nSPS) is 12.5. The van der Waals surface area contributed by atoms with Crippen LogP contribution in [0.4, 0.5) is 0 Å². The van der Waals surface area contributed by atoms with Crippen LogP contribution in [0.1, 0.15) is 150 Å². The highest BCUT2D eigenvalue weighted by Crippen LogP contribution is 2.17. The Morgan fingerprint density at radius 1 is 0.607 bits per heavy atom. The molecule has 0 amide bonds. The molecule has 168 valence electrons. The third-order valence-corrected chi connectivity index (χ3v) is 5.76. The fourth-order valence-corrected chi connectivity index (χ4v) is 3.87. The number of hydrogen-bond acceptors (Lipinski definition) is 2. The molecule has 0 aromatic rings. The highest BCUT2D eigenvalue weighted by atomic mass is 16.5. The Balaban J connectivity index is 3.20. The first-order valence-corrected chi connectivity index (χ1v) is 12.8. The lowest BCUT2D eigenvalue weighted by molar-refractivity contribution is -0.147. The molecular weight excluding hydrogens is 344 g/mol. The quantitative estimate of drug-likeness (QED) is 0.143. The first-order valence-electron chi connectivity index (χ1n) is 12.8. The van der Waals surface area contributed by atoms with Gasteiger partial charge in [0.15, 0.2) is 0 Å². The molecule has 0 saturated carbocycles. The second kappa shape index (κ2) is 21.2. The van der Waals surface area contributed by atoms with Crippen LogP contribution in [0.2, 0.25) is 0 Å². The van der Waals surface area contributed by atoms with Crippen LogP contribution in [0.5, 0.6) is 0 Å². The molecule has 2 heteroatoms. The number of carbonyl (C=O) groups excluding carboxylic acids is 1. The van der Waals surface area contributed by atoms with Gasteiger partial charge in [0.2, 0.25) is 0 Å². The van der Waals surface area contributed by atoms with Crippen LogP contribution in [0.25, 0.3) is 0 Å². The van der Waals surface area contributed by atoms with Crippen LogP contribution in [0.15, 0.2) is 0 Å². The minimum atomic E-state index is -0.0335. The highest BCUT2D eigenvalue weighted by molar-refractivity contribution is 5.69. The zero-order valence-corrected chi connectivity index (χ0v) is 19.9. The lowest BCUT2D eigenvalue weighted by Crippen LogP contribution is -2.12. The average Bonchev–Trinajstić information content (AvgIpc) is 2.65. The third-order valence-electron chi connectivity index (χ3n) is 5.76. The van der Waals surface area contributed by atoms with Crippen molar-refractivity contribution in [2.75, 3.05) is 0 Å². The largest absolute Gasteiger partial charge is 0.463 e. The van der Waals surface area contributed by atoms with E-state index in [1.54, 1.807) is 0 Å². The molecule has 2 nitrogen and oxygen atoms in total. The van der Waals surface area contributed by atoms with Crippen LogP contribution in [0, 0.1) is 5.92 Å². The summed E-state index contributed by atoms with van der Waals surface area (Å²) >= 11 is 0. The maximum Gasteiger partial charge on any atom is 0.306 e. The van der Waals surface area contributed by atoms with Gasteiger partial charge in [0.05, 0.1) is 6.10 Å². The monoisotopic (exact) mass is 396 g/mol. The molecule has 0 aliphatic carbocycles. The minimum Gasteiger partial charge on any atom is -0.463 e. The molecule has 0 radical (unpaired) electrons. The summed E-state index contributed by atoms with van der Waals surface area (Å²) in [6.07, 6.45) is 25.6. The maximum absolute atomic E-state index is 11.6. The van der Waals surface area contributed by atoms with E-state index in [0.29, 0.717) is 12.3 Å². The Kier molecular flexibility index (Phi) is 20.8. The van der Waals surface area contributed by atoms with E-state index in [2.05, 4.69) is 13.8 Å². The van der Waals surface area contributed by atoms with Gasteiger partial charge in [-0.3, -0.25) is 4.79 Å². The molecule has 0 saturated heterocycles. The van der Waals surface area contributed by atoms with Crippen molar-refractivity contribution in [3.8, 4) is 0 Å². The fourth-order valence-electron chi connectivity index (χ4n) is 3.87. The topological polar surface area (TPSA) is 26.3 Å². The Morgan fingerprint density at radius 3 is 1.39 bits per heavy atom. The molecule has 0 aliphatic rings. The molecule has 0 aliphatic heterocycles. The van der Waals surface area contributed by atoms with Crippen LogP contribution in [0.3, 0.4) is 0 Å².